The van der Waals surface area contributed by atoms with E-state index in [0.717, 1.165) is 12.8 Å². The van der Waals surface area contributed by atoms with Gasteiger partial charge in [0, 0.05) is 6.61 Å². The van der Waals surface area contributed by atoms with Gasteiger partial charge in [0.2, 0.25) is 0 Å². The molecule has 0 heterocycles. The lowest BCUT2D eigenvalue weighted by molar-refractivity contribution is 0.297. The van der Waals surface area contributed by atoms with Gasteiger partial charge in [0.1, 0.15) is 0 Å². The van der Waals surface area contributed by atoms with E-state index in [-0.39, 0.29) is 12.0 Å². The highest BCUT2D eigenvalue weighted by atomic mass is 16.2. The monoisotopic (exact) mass is 300 g/mol. The van der Waals surface area contributed by atoms with E-state index in [4.69, 9.17) is 0 Å². The molecule has 0 aliphatic rings. The molecule has 0 atom stereocenters. The molecule has 0 aliphatic carbocycles. The normalized spacial score (nSPS) is 11.1. The van der Waals surface area contributed by atoms with E-state index in [0.29, 0.717) is 0 Å². The van der Waals surface area contributed by atoms with Gasteiger partial charge in [-0.05, 0) is 47.5 Å². The third-order valence-corrected chi connectivity index (χ3v) is 3.97. The van der Waals surface area contributed by atoms with Crippen molar-refractivity contribution in [2.45, 2.75) is 71.6 Å². The SMILES string of the molecule is CCCCCCC(=C=Cc1ccc(C(C)(C)C)cc1)CCO. The maximum Gasteiger partial charge on any atom is 0.0474 e. The van der Waals surface area contributed by atoms with Gasteiger partial charge in [0.15, 0.2) is 0 Å². The van der Waals surface area contributed by atoms with Gasteiger partial charge in [0.05, 0.1) is 0 Å². The third-order valence-electron chi connectivity index (χ3n) is 3.97. The molecule has 0 fully saturated rings. The van der Waals surface area contributed by atoms with Crippen molar-refractivity contribution < 1.29 is 5.11 Å². The Hall–Kier alpha value is -1.30. The van der Waals surface area contributed by atoms with Crippen LogP contribution in [0.2, 0.25) is 0 Å². The number of aliphatic hydroxyl groups excluding tert-OH is 1. The van der Waals surface area contributed by atoms with E-state index in [1.165, 1.54) is 42.4 Å². The first-order valence-corrected chi connectivity index (χ1v) is 8.63. The van der Waals surface area contributed by atoms with Crippen molar-refractivity contribution in [3.05, 3.63) is 46.7 Å². The van der Waals surface area contributed by atoms with Gasteiger partial charge in [-0.2, -0.15) is 0 Å². The minimum atomic E-state index is 0.194. The van der Waals surface area contributed by atoms with E-state index < -0.39 is 0 Å². The van der Waals surface area contributed by atoms with Crippen LogP contribution in [-0.4, -0.2) is 11.7 Å². The summed E-state index contributed by atoms with van der Waals surface area (Å²) in [5.41, 5.74) is 7.36. The smallest absolute Gasteiger partial charge is 0.0474 e. The molecule has 1 aromatic carbocycles. The fourth-order valence-electron chi connectivity index (χ4n) is 2.43. The van der Waals surface area contributed by atoms with Crippen molar-refractivity contribution in [3.63, 3.8) is 0 Å². The Labute approximate surface area is 136 Å². The third kappa shape index (κ3) is 7.11. The molecule has 1 aromatic rings. The van der Waals surface area contributed by atoms with Crippen molar-refractivity contribution in [2.24, 2.45) is 0 Å². The van der Waals surface area contributed by atoms with Crippen LogP contribution in [0.1, 0.15) is 77.3 Å². The van der Waals surface area contributed by atoms with Crippen LogP contribution in [0.15, 0.2) is 35.6 Å². The highest BCUT2D eigenvalue weighted by Crippen LogP contribution is 2.22. The zero-order valence-corrected chi connectivity index (χ0v) is 14.8. The largest absolute Gasteiger partial charge is 0.396 e. The summed E-state index contributed by atoms with van der Waals surface area (Å²) in [6.07, 6.45) is 8.87. The molecule has 1 nitrogen and oxygen atoms in total. The topological polar surface area (TPSA) is 20.2 Å². The average molecular weight is 300 g/mol. The van der Waals surface area contributed by atoms with Crippen molar-refractivity contribution in [2.75, 3.05) is 6.61 Å². The lowest BCUT2D eigenvalue weighted by atomic mass is 9.87. The first-order valence-electron chi connectivity index (χ1n) is 8.63. The summed E-state index contributed by atoms with van der Waals surface area (Å²) in [4.78, 5) is 0. The molecule has 0 bridgehead atoms. The second-order valence-electron chi connectivity index (χ2n) is 7.05. The van der Waals surface area contributed by atoms with E-state index >= 15 is 0 Å². The van der Waals surface area contributed by atoms with Crippen molar-refractivity contribution in [3.8, 4) is 0 Å². The molecule has 0 amide bonds. The van der Waals surface area contributed by atoms with Gasteiger partial charge in [0.25, 0.3) is 0 Å². The lowest BCUT2D eigenvalue weighted by Crippen LogP contribution is -2.10. The minimum Gasteiger partial charge on any atom is -0.396 e. The fraction of sp³-hybridized carbons (Fsp3) is 0.571. The van der Waals surface area contributed by atoms with Crippen LogP contribution in [0.5, 0.6) is 0 Å². The van der Waals surface area contributed by atoms with Gasteiger partial charge in [-0.3, -0.25) is 0 Å². The summed E-state index contributed by atoms with van der Waals surface area (Å²) in [5.74, 6) is 0. The van der Waals surface area contributed by atoms with E-state index in [1.807, 2.05) is 0 Å². The molecular formula is C21H32O. The molecule has 1 N–H and O–H groups in total. The molecule has 0 radical (unpaired) electrons. The summed E-state index contributed by atoms with van der Waals surface area (Å²) in [5, 5.41) is 9.19. The van der Waals surface area contributed by atoms with Crippen molar-refractivity contribution in [1.29, 1.82) is 0 Å². The predicted molar refractivity (Wildman–Crippen MR) is 97.1 cm³/mol. The lowest BCUT2D eigenvalue weighted by Gasteiger charge is -2.18. The molecule has 1 heteroatoms. The summed E-state index contributed by atoms with van der Waals surface area (Å²) in [6, 6.07) is 8.70. The molecule has 122 valence electrons. The number of unbranched alkanes of at least 4 members (excludes halogenated alkanes) is 3. The zero-order chi connectivity index (χ0) is 16.4. The van der Waals surface area contributed by atoms with Crippen LogP contribution in [0.25, 0.3) is 6.08 Å². The Kier molecular flexibility index (Phi) is 8.24. The first-order chi connectivity index (χ1) is 10.5. The average Bonchev–Trinajstić information content (AvgIpc) is 2.48. The summed E-state index contributed by atoms with van der Waals surface area (Å²) in [6.45, 7) is 9.13. The van der Waals surface area contributed by atoms with E-state index in [1.54, 1.807) is 0 Å². The second kappa shape index (κ2) is 9.66. The molecule has 0 saturated carbocycles. The number of aliphatic hydroxyl groups is 1. The quantitative estimate of drug-likeness (QED) is 0.470. The minimum absolute atomic E-state index is 0.194. The number of benzene rings is 1. The second-order valence-corrected chi connectivity index (χ2v) is 7.05. The Morgan fingerprint density at radius 2 is 1.73 bits per heavy atom. The van der Waals surface area contributed by atoms with Crippen LogP contribution in [0.4, 0.5) is 0 Å². The highest BCUT2D eigenvalue weighted by Gasteiger charge is 2.12. The Morgan fingerprint density at radius 1 is 1.05 bits per heavy atom. The molecule has 22 heavy (non-hydrogen) atoms. The van der Waals surface area contributed by atoms with Gasteiger partial charge in [-0.25, -0.2) is 0 Å². The Bertz CT molecular complexity index is 482. The summed E-state index contributed by atoms with van der Waals surface area (Å²) in [7, 11) is 0. The van der Waals surface area contributed by atoms with E-state index in [2.05, 4.69) is 63.8 Å². The van der Waals surface area contributed by atoms with Crippen LogP contribution >= 0.6 is 0 Å². The molecule has 1 rings (SSSR count). The van der Waals surface area contributed by atoms with Crippen molar-refractivity contribution >= 4 is 6.08 Å². The molecule has 0 saturated heterocycles. The Morgan fingerprint density at radius 3 is 2.27 bits per heavy atom. The molecule has 0 spiro atoms. The van der Waals surface area contributed by atoms with Crippen LogP contribution < -0.4 is 0 Å². The highest BCUT2D eigenvalue weighted by molar-refractivity contribution is 5.50. The maximum atomic E-state index is 9.19. The van der Waals surface area contributed by atoms with Gasteiger partial charge >= 0.3 is 0 Å². The zero-order valence-electron chi connectivity index (χ0n) is 14.8. The first kappa shape index (κ1) is 18.7. The summed E-state index contributed by atoms with van der Waals surface area (Å²) >= 11 is 0. The van der Waals surface area contributed by atoms with Gasteiger partial charge < -0.3 is 5.11 Å². The van der Waals surface area contributed by atoms with Crippen LogP contribution in [0.3, 0.4) is 0 Å². The number of rotatable bonds is 8. The molecule has 0 aliphatic heterocycles. The summed E-state index contributed by atoms with van der Waals surface area (Å²) < 4.78 is 0. The predicted octanol–water partition coefficient (Wildman–Crippen LogP) is 5.88. The van der Waals surface area contributed by atoms with Crippen LogP contribution in [-0.2, 0) is 5.41 Å². The van der Waals surface area contributed by atoms with Crippen LogP contribution in [0, 0.1) is 0 Å². The van der Waals surface area contributed by atoms with Gasteiger partial charge in [-0.1, -0.05) is 71.2 Å². The molecule has 0 unspecified atom stereocenters. The molecular weight excluding hydrogens is 268 g/mol. The number of hydrogen-bond acceptors (Lipinski definition) is 1. The fourth-order valence-corrected chi connectivity index (χ4v) is 2.43. The Balaban J connectivity index is 2.74. The van der Waals surface area contributed by atoms with E-state index in [9.17, 15) is 5.11 Å². The maximum absolute atomic E-state index is 9.19. The molecule has 0 aromatic heterocycles. The standard InChI is InChI=1S/C21H32O/c1-5-6-7-8-9-18(16-17-22)10-11-19-12-14-20(15-13-19)21(2,3)4/h11-15,22H,5-9,16-17H2,1-4H3. The number of hydrogen-bond donors (Lipinski definition) is 1. The van der Waals surface area contributed by atoms with Crippen molar-refractivity contribution in [1.82, 2.24) is 0 Å². The van der Waals surface area contributed by atoms with Gasteiger partial charge in [-0.15, -0.1) is 5.73 Å².